The van der Waals surface area contributed by atoms with Gasteiger partial charge in [-0.2, -0.15) is 0 Å². The van der Waals surface area contributed by atoms with Crippen molar-refractivity contribution in [2.75, 3.05) is 21.3 Å². The van der Waals surface area contributed by atoms with Crippen LogP contribution in [0.5, 0.6) is 17.2 Å². The summed E-state index contributed by atoms with van der Waals surface area (Å²) < 4.78 is 21.2. The quantitative estimate of drug-likeness (QED) is 0.756. The molecule has 2 rings (SSSR count). The van der Waals surface area contributed by atoms with Crippen molar-refractivity contribution in [3.8, 4) is 17.2 Å². The fourth-order valence-electron chi connectivity index (χ4n) is 2.58. The number of carbonyl (C=O) groups excluding carboxylic acids is 1. The Kier molecular flexibility index (Phi) is 5.68. The molecule has 0 fully saturated rings. The van der Waals surface area contributed by atoms with Crippen molar-refractivity contribution in [1.82, 2.24) is 0 Å². The van der Waals surface area contributed by atoms with Gasteiger partial charge in [-0.05, 0) is 31.5 Å². The standard InChI is InChI=1S/C19H22O5/c1-12-6-13(2)8-14(7-12)11-24-19(20)15-9-16(21-3)18(23-5)17(10-15)22-4/h6-10H,11H2,1-5H3. The smallest absolute Gasteiger partial charge is 0.338 e. The molecule has 2 aromatic carbocycles. The maximum Gasteiger partial charge on any atom is 0.338 e. The highest BCUT2D eigenvalue weighted by molar-refractivity contribution is 5.91. The molecule has 128 valence electrons. The van der Waals surface area contributed by atoms with Crippen LogP contribution in [0.1, 0.15) is 27.0 Å². The Hall–Kier alpha value is -2.69. The van der Waals surface area contributed by atoms with E-state index in [9.17, 15) is 4.79 Å². The molecule has 0 amide bonds. The van der Waals surface area contributed by atoms with Crippen molar-refractivity contribution in [2.24, 2.45) is 0 Å². The highest BCUT2D eigenvalue weighted by Gasteiger charge is 2.18. The lowest BCUT2D eigenvalue weighted by molar-refractivity contribution is 0.0471. The number of hydrogen-bond acceptors (Lipinski definition) is 5. The summed E-state index contributed by atoms with van der Waals surface area (Å²) in [5.41, 5.74) is 3.56. The van der Waals surface area contributed by atoms with Gasteiger partial charge in [0.25, 0.3) is 0 Å². The lowest BCUT2D eigenvalue weighted by atomic mass is 10.1. The number of benzene rings is 2. The van der Waals surface area contributed by atoms with Crippen molar-refractivity contribution in [1.29, 1.82) is 0 Å². The molecular formula is C19H22O5. The minimum Gasteiger partial charge on any atom is -0.493 e. The molecule has 24 heavy (non-hydrogen) atoms. The summed E-state index contributed by atoms with van der Waals surface area (Å²) in [6, 6.07) is 9.21. The van der Waals surface area contributed by atoms with Crippen molar-refractivity contribution in [2.45, 2.75) is 20.5 Å². The first kappa shape index (κ1) is 17.7. The maximum absolute atomic E-state index is 12.3. The van der Waals surface area contributed by atoms with Crippen LogP contribution in [0.2, 0.25) is 0 Å². The number of methoxy groups -OCH3 is 3. The third-order valence-electron chi connectivity index (χ3n) is 3.55. The van der Waals surface area contributed by atoms with E-state index in [1.807, 2.05) is 26.0 Å². The first-order valence-electron chi connectivity index (χ1n) is 7.52. The number of ether oxygens (including phenoxy) is 4. The van der Waals surface area contributed by atoms with E-state index < -0.39 is 5.97 Å². The molecular weight excluding hydrogens is 308 g/mol. The number of hydrogen-bond donors (Lipinski definition) is 0. The Morgan fingerprint density at radius 2 is 1.38 bits per heavy atom. The normalized spacial score (nSPS) is 10.2. The third kappa shape index (κ3) is 3.98. The SMILES string of the molecule is COc1cc(C(=O)OCc2cc(C)cc(C)c2)cc(OC)c1OC. The van der Waals surface area contributed by atoms with Crippen molar-refractivity contribution >= 4 is 5.97 Å². The van der Waals surface area contributed by atoms with Crippen LogP contribution in [0.15, 0.2) is 30.3 Å². The van der Waals surface area contributed by atoms with Crippen LogP contribution in [0, 0.1) is 13.8 Å². The topological polar surface area (TPSA) is 54.0 Å². The summed E-state index contributed by atoms with van der Waals surface area (Å²) in [7, 11) is 4.52. The van der Waals surface area contributed by atoms with Gasteiger partial charge in [-0.25, -0.2) is 4.79 Å². The van der Waals surface area contributed by atoms with Gasteiger partial charge in [0.05, 0.1) is 26.9 Å². The Balaban J connectivity index is 2.20. The van der Waals surface area contributed by atoms with E-state index in [1.165, 1.54) is 21.3 Å². The van der Waals surface area contributed by atoms with Crippen LogP contribution in [-0.2, 0) is 11.3 Å². The zero-order valence-electron chi connectivity index (χ0n) is 14.6. The van der Waals surface area contributed by atoms with Gasteiger partial charge >= 0.3 is 5.97 Å². The van der Waals surface area contributed by atoms with Crippen LogP contribution in [0.4, 0.5) is 0 Å². The monoisotopic (exact) mass is 330 g/mol. The zero-order chi connectivity index (χ0) is 17.7. The van der Waals surface area contributed by atoms with Gasteiger partial charge in [-0.1, -0.05) is 29.3 Å². The molecule has 2 aromatic rings. The summed E-state index contributed by atoms with van der Waals surface area (Å²) >= 11 is 0. The molecule has 0 N–H and O–H groups in total. The van der Waals surface area contributed by atoms with Gasteiger partial charge in [0.2, 0.25) is 5.75 Å². The summed E-state index contributed by atoms with van der Waals surface area (Å²) in [4.78, 5) is 12.3. The average molecular weight is 330 g/mol. The number of aryl methyl sites for hydroxylation is 2. The van der Waals surface area contributed by atoms with E-state index in [2.05, 4.69) is 6.07 Å². The molecule has 0 aliphatic heterocycles. The van der Waals surface area contributed by atoms with E-state index in [0.29, 0.717) is 22.8 Å². The Bertz CT molecular complexity index is 691. The third-order valence-corrected chi connectivity index (χ3v) is 3.55. The molecule has 0 aliphatic carbocycles. The van der Waals surface area contributed by atoms with Crippen molar-refractivity contribution in [3.05, 3.63) is 52.6 Å². The predicted octanol–water partition coefficient (Wildman–Crippen LogP) is 3.69. The predicted molar refractivity (Wildman–Crippen MR) is 91.1 cm³/mol. The molecule has 0 saturated heterocycles. The molecule has 0 heterocycles. The molecule has 0 saturated carbocycles. The molecule has 0 atom stereocenters. The summed E-state index contributed by atoms with van der Waals surface area (Å²) in [5, 5.41) is 0. The second-order valence-electron chi connectivity index (χ2n) is 5.49. The van der Waals surface area contributed by atoms with Crippen LogP contribution >= 0.6 is 0 Å². The van der Waals surface area contributed by atoms with Crippen LogP contribution in [0.3, 0.4) is 0 Å². The van der Waals surface area contributed by atoms with Gasteiger partial charge in [0, 0.05) is 0 Å². The van der Waals surface area contributed by atoms with E-state index in [-0.39, 0.29) is 6.61 Å². The number of esters is 1. The van der Waals surface area contributed by atoms with E-state index in [4.69, 9.17) is 18.9 Å². The Morgan fingerprint density at radius 3 is 1.83 bits per heavy atom. The van der Waals surface area contributed by atoms with E-state index in [0.717, 1.165) is 16.7 Å². The van der Waals surface area contributed by atoms with Crippen LogP contribution < -0.4 is 14.2 Å². The van der Waals surface area contributed by atoms with Crippen LogP contribution in [-0.4, -0.2) is 27.3 Å². The number of carbonyl (C=O) groups is 1. The zero-order valence-corrected chi connectivity index (χ0v) is 14.6. The molecule has 0 aliphatic rings. The van der Waals surface area contributed by atoms with Gasteiger partial charge in [0.1, 0.15) is 6.61 Å². The minimum atomic E-state index is -0.451. The van der Waals surface area contributed by atoms with E-state index in [1.54, 1.807) is 12.1 Å². The fraction of sp³-hybridized carbons (Fsp3) is 0.316. The first-order valence-corrected chi connectivity index (χ1v) is 7.52. The molecule has 0 radical (unpaired) electrons. The largest absolute Gasteiger partial charge is 0.493 e. The lowest BCUT2D eigenvalue weighted by Crippen LogP contribution is -2.07. The first-order chi connectivity index (χ1) is 11.5. The van der Waals surface area contributed by atoms with Gasteiger partial charge in [-0.3, -0.25) is 0 Å². The van der Waals surface area contributed by atoms with Gasteiger partial charge < -0.3 is 18.9 Å². The molecule has 5 nitrogen and oxygen atoms in total. The highest BCUT2D eigenvalue weighted by Crippen LogP contribution is 2.38. The second-order valence-corrected chi connectivity index (χ2v) is 5.49. The molecule has 5 heteroatoms. The van der Waals surface area contributed by atoms with E-state index >= 15 is 0 Å². The van der Waals surface area contributed by atoms with Crippen molar-refractivity contribution < 1.29 is 23.7 Å². The Morgan fingerprint density at radius 1 is 0.833 bits per heavy atom. The van der Waals surface area contributed by atoms with Crippen LogP contribution in [0.25, 0.3) is 0 Å². The molecule has 0 spiro atoms. The summed E-state index contributed by atoms with van der Waals surface area (Å²) in [6.45, 7) is 4.23. The maximum atomic E-state index is 12.3. The molecule has 0 unspecified atom stereocenters. The highest BCUT2D eigenvalue weighted by atomic mass is 16.5. The fourth-order valence-corrected chi connectivity index (χ4v) is 2.58. The van der Waals surface area contributed by atoms with Crippen molar-refractivity contribution in [3.63, 3.8) is 0 Å². The number of rotatable bonds is 6. The molecule has 0 bridgehead atoms. The summed E-state index contributed by atoms with van der Waals surface area (Å²) in [5.74, 6) is 0.810. The minimum absolute atomic E-state index is 0.206. The molecule has 0 aromatic heterocycles. The average Bonchev–Trinajstić information content (AvgIpc) is 2.57. The lowest BCUT2D eigenvalue weighted by Gasteiger charge is -2.14. The summed E-state index contributed by atoms with van der Waals surface area (Å²) in [6.07, 6.45) is 0. The second kappa shape index (κ2) is 7.73. The Labute approximate surface area is 142 Å². The van der Waals surface area contributed by atoms with Gasteiger partial charge in [0.15, 0.2) is 11.5 Å². The van der Waals surface area contributed by atoms with Gasteiger partial charge in [-0.15, -0.1) is 0 Å².